The van der Waals surface area contributed by atoms with Gasteiger partial charge in [-0.1, -0.05) is 0 Å². The molecule has 2 aliphatic rings. The molecule has 1 saturated heterocycles. The molecule has 0 saturated carbocycles. The number of aromatic nitrogens is 3. The van der Waals surface area contributed by atoms with Gasteiger partial charge in [0.15, 0.2) is 5.58 Å². The van der Waals surface area contributed by atoms with Gasteiger partial charge in [-0.15, -0.1) is 0 Å². The Bertz CT molecular complexity index is 1270. The van der Waals surface area contributed by atoms with Gasteiger partial charge in [0.25, 0.3) is 6.01 Å². The maximum Gasteiger partial charge on any atom is 0.414 e. The lowest BCUT2D eigenvalue weighted by Crippen LogP contribution is -2.50. The molecule has 2 aliphatic heterocycles. The van der Waals surface area contributed by atoms with E-state index in [0.717, 1.165) is 0 Å². The van der Waals surface area contributed by atoms with Gasteiger partial charge < -0.3 is 38.5 Å². The number of rotatable bonds is 5. The molecule has 0 bridgehead atoms. The summed E-state index contributed by atoms with van der Waals surface area (Å²) >= 11 is 0. The lowest BCUT2D eigenvalue weighted by atomic mass is 10.2. The van der Waals surface area contributed by atoms with Crippen LogP contribution >= 0.6 is 0 Å². The molecule has 0 spiro atoms. The molecule has 3 aromatic rings. The van der Waals surface area contributed by atoms with Crippen LogP contribution in [0.1, 0.15) is 27.2 Å². The summed E-state index contributed by atoms with van der Waals surface area (Å²) in [5.74, 6) is 0.380. The van der Waals surface area contributed by atoms with Gasteiger partial charge in [-0.3, -0.25) is 4.57 Å². The lowest BCUT2D eigenvalue weighted by Gasteiger charge is -2.34. The molecule has 13 nitrogen and oxygen atoms in total. The molecule has 1 unspecified atom stereocenters. The minimum Gasteiger partial charge on any atom is -0.490 e. The molecular formula is C23H28N6O7. The van der Waals surface area contributed by atoms with E-state index in [4.69, 9.17) is 18.6 Å². The smallest absolute Gasteiger partial charge is 0.414 e. The number of hydrogen-bond donors (Lipinski definition) is 0. The molecule has 1 amide bonds. The van der Waals surface area contributed by atoms with Gasteiger partial charge in [0.05, 0.1) is 0 Å². The number of anilines is 1. The summed E-state index contributed by atoms with van der Waals surface area (Å²) < 4.78 is 24.7. The van der Waals surface area contributed by atoms with Crippen molar-refractivity contribution in [2.45, 2.75) is 45.4 Å². The maximum atomic E-state index is 12.3. The van der Waals surface area contributed by atoms with E-state index in [2.05, 4.69) is 9.97 Å². The Kier molecular flexibility index (Phi) is 6.06. The van der Waals surface area contributed by atoms with Crippen LogP contribution in [0.2, 0.25) is 0 Å². The third kappa shape index (κ3) is 5.14. The van der Waals surface area contributed by atoms with Crippen molar-refractivity contribution in [3.05, 3.63) is 34.5 Å². The zero-order valence-corrected chi connectivity index (χ0v) is 20.4. The summed E-state index contributed by atoms with van der Waals surface area (Å²) in [5.41, 5.74) is 0.767. The Morgan fingerprint density at radius 3 is 2.69 bits per heavy atom. The number of benzene rings is 1. The van der Waals surface area contributed by atoms with Gasteiger partial charge in [-0.25, -0.2) is 4.79 Å². The molecule has 1 fully saturated rings. The number of oxazole rings is 1. The van der Waals surface area contributed by atoms with E-state index in [-0.39, 0.29) is 30.6 Å². The van der Waals surface area contributed by atoms with E-state index in [1.807, 2.05) is 25.7 Å². The van der Waals surface area contributed by atoms with Crippen LogP contribution in [0, 0.1) is 10.1 Å². The van der Waals surface area contributed by atoms with Crippen LogP contribution < -0.4 is 14.4 Å². The van der Waals surface area contributed by atoms with Crippen LogP contribution in [0.15, 0.2) is 28.8 Å². The number of carbonyl (C=O) groups is 1. The number of amides is 1. The number of nitro groups is 1. The highest BCUT2D eigenvalue weighted by atomic mass is 16.6. The normalized spacial score (nSPS) is 18.0. The van der Waals surface area contributed by atoms with Gasteiger partial charge in [-0.05, 0) is 37.8 Å². The number of aryl methyl sites for hydroxylation is 1. The van der Waals surface area contributed by atoms with Gasteiger partial charge in [-0.2, -0.15) is 4.98 Å². The molecular weight excluding hydrogens is 472 g/mol. The Hall–Kier alpha value is -4.03. The fourth-order valence-electron chi connectivity index (χ4n) is 4.05. The Morgan fingerprint density at radius 1 is 1.19 bits per heavy atom. The SMILES string of the molecule is CC(C)(C)OC(=O)N1CCN(c2nc3cc(OCC4CCn5cc([N+](=O)[O-])nc5O4)ccc3o2)CC1. The summed E-state index contributed by atoms with van der Waals surface area (Å²) in [4.78, 5) is 34.9. The predicted octanol–water partition coefficient (Wildman–Crippen LogP) is 3.22. The second-order valence-electron chi connectivity index (χ2n) is 9.75. The average molecular weight is 501 g/mol. The molecule has 192 valence electrons. The van der Waals surface area contributed by atoms with Crippen LogP contribution in [0.5, 0.6) is 11.8 Å². The number of nitrogens with zero attached hydrogens (tertiary/aromatic N) is 6. The quantitative estimate of drug-likeness (QED) is 0.379. The standard InChI is InChI=1S/C23H28N6O7/c1-23(2,3)36-22(30)27-10-8-26(9-11-27)20-24-17-12-15(4-5-18(17)35-20)33-14-16-6-7-28-13-19(29(31)32)25-21(28)34-16/h4-5,12-13,16H,6-11,14H2,1-3H3. The fraction of sp³-hybridized carbons (Fsp3) is 0.522. The minimum atomic E-state index is -0.539. The number of imidazole rings is 1. The number of piperazine rings is 1. The van der Waals surface area contributed by atoms with Gasteiger partial charge in [0.2, 0.25) is 0 Å². The molecule has 1 aromatic carbocycles. The Labute approximate surface area is 206 Å². The summed E-state index contributed by atoms with van der Waals surface area (Å²) in [7, 11) is 0. The van der Waals surface area contributed by atoms with Crippen LogP contribution in [-0.4, -0.2) is 74.9 Å². The molecule has 5 rings (SSSR count). The molecule has 36 heavy (non-hydrogen) atoms. The van der Waals surface area contributed by atoms with Crippen LogP contribution in [0.25, 0.3) is 11.1 Å². The maximum absolute atomic E-state index is 12.3. The van der Waals surface area contributed by atoms with E-state index in [9.17, 15) is 14.9 Å². The van der Waals surface area contributed by atoms with Crippen molar-refractivity contribution in [1.82, 2.24) is 19.4 Å². The first-order valence-electron chi connectivity index (χ1n) is 11.8. The van der Waals surface area contributed by atoms with Crippen molar-refractivity contribution < 1.29 is 28.3 Å². The number of ether oxygens (including phenoxy) is 3. The Balaban J connectivity index is 1.17. The third-order valence-corrected chi connectivity index (χ3v) is 5.86. The van der Waals surface area contributed by atoms with Crippen molar-refractivity contribution >= 4 is 29.0 Å². The number of fused-ring (bicyclic) bond motifs is 2. The zero-order chi connectivity index (χ0) is 25.4. The molecule has 1 atom stereocenters. The monoisotopic (exact) mass is 500 g/mol. The average Bonchev–Trinajstić information content (AvgIpc) is 3.45. The lowest BCUT2D eigenvalue weighted by molar-refractivity contribution is -0.389. The van der Waals surface area contributed by atoms with E-state index in [1.54, 1.807) is 27.7 Å². The van der Waals surface area contributed by atoms with Crippen LogP contribution in [-0.2, 0) is 11.3 Å². The number of carbonyl (C=O) groups excluding carboxylic acids is 1. The summed E-state index contributed by atoms with van der Waals surface area (Å²) in [6, 6.07) is 6.12. The number of hydrogen-bond acceptors (Lipinski definition) is 10. The van der Waals surface area contributed by atoms with Crippen LogP contribution in [0.3, 0.4) is 0 Å². The van der Waals surface area contributed by atoms with Gasteiger partial charge >= 0.3 is 17.9 Å². The van der Waals surface area contributed by atoms with Crippen LogP contribution in [0.4, 0.5) is 16.6 Å². The minimum absolute atomic E-state index is 0.227. The molecule has 2 aromatic heterocycles. The molecule has 4 heterocycles. The largest absolute Gasteiger partial charge is 0.490 e. The van der Waals surface area contributed by atoms with Gasteiger partial charge in [0.1, 0.15) is 35.8 Å². The highest BCUT2D eigenvalue weighted by Crippen LogP contribution is 2.28. The van der Waals surface area contributed by atoms with E-state index < -0.39 is 10.5 Å². The molecule has 0 radical (unpaired) electrons. The second kappa shape index (κ2) is 9.21. The van der Waals surface area contributed by atoms with Crippen molar-refractivity contribution in [3.63, 3.8) is 0 Å². The summed E-state index contributed by atoms with van der Waals surface area (Å²) in [6.45, 7) is 8.59. The first-order valence-corrected chi connectivity index (χ1v) is 11.8. The van der Waals surface area contributed by atoms with Crippen molar-refractivity contribution in [2.75, 3.05) is 37.7 Å². The van der Waals surface area contributed by atoms with E-state index >= 15 is 0 Å². The highest BCUT2D eigenvalue weighted by molar-refractivity contribution is 5.76. The predicted molar refractivity (Wildman–Crippen MR) is 127 cm³/mol. The fourth-order valence-corrected chi connectivity index (χ4v) is 4.05. The molecule has 0 aliphatic carbocycles. The van der Waals surface area contributed by atoms with Crippen molar-refractivity contribution in [3.8, 4) is 11.8 Å². The summed E-state index contributed by atoms with van der Waals surface area (Å²) in [6.07, 6.45) is 1.43. The van der Waals surface area contributed by atoms with Crippen molar-refractivity contribution in [2.24, 2.45) is 0 Å². The molecule has 13 heteroatoms. The first-order chi connectivity index (χ1) is 17.1. The Morgan fingerprint density at radius 2 is 1.97 bits per heavy atom. The summed E-state index contributed by atoms with van der Waals surface area (Å²) in [5, 5.41) is 10.9. The first kappa shape index (κ1) is 23.7. The van der Waals surface area contributed by atoms with E-state index in [1.165, 1.54) is 6.20 Å². The van der Waals surface area contributed by atoms with Crippen molar-refractivity contribution in [1.29, 1.82) is 0 Å². The van der Waals surface area contributed by atoms with Gasteiger partial charge in [0, 0.05) is 50.2 Å². The molecule has 0 N–H and O–H groups in total. The zero-order valence-electron chi connectivity index (χ0n) is 20.4. The second-order valence-corrected chi connectivity index (χ2v) is 9.75. The topological polar surface area (TPSA) is 138 Å². The highest BCUT2D eigenvalue weighted by Gasteiger charge is 2.29. The third-order valence-electron chi connectivity index (χ3n) is 5.86. The van der Waals surface area contributed by atoms with E-state index in [0.29, 0.717) is 62.0 Å².